The second kappa shape index (κ2) is 11.9. The summed E-state index contributed by atoms with van der Waals surface area (Å²) in [7, 11) is 1.51. The van der Waals surface area contributed by atoms with E-state index in [2.05, 4.69) is 29.3 Å². The highest BCUT2D eigenvalue weighted by Crippen LogP contribution is 2.17. The lowest BCUT2D eigenvalue weighted by Crippen LogP contribution is -2.26. The highest BCUT2D eigenvalue weighted by molar-refractivity contribution is 5.97. The maximum absolute atomic E-state index is 12.2. The molecule has 0 saturated carbocycles. The number of hydrogen-bond donors (Lipinski definition) is 2. The predicted octanol–water partition coefficient (Wildman–Crippen LogP) is 3.17. The van der Waals surface area contributed by atoms with Crippen molar-refractivity contribution < 1.29 is 14.6 Å². The number of carbonyl (C=O) groups is 1. The number of nitrogens with one attached hydrogen (secondary N) is 1. The molecular weight excluding hydrogens is 344 g/mol. The smallest absolute Gasteiger partial charge is 0.275 e. The third kappa shape index (κ3) is 7.62. The van der Waals surface area contributed by atoms with E-state index in [1.807, 2.05) is 6.92 Å². The van der Waals surface area contributed by atoms with Crippen LogP contribution in [-0.4, -0.2) is 48.2 Å². The molecule has 2 N–H and O–H groups in total. The van der Waals surface area contributed by atoms with Crippen LogP contribution in [0, 0.1) is 0 Å². The highest BCUT2D eigenvalue weighted by atomic mass is 16.5. The molecule has 1 amide bonds. The summed E-state index contributed by atoms with van der Waals surface area (Å²) < 4.78 is 5.16. The van der Waals surface area contributed by atoms with E-state index in [0.717, 1.165) is 25.0 Å². The maximum atomic E-state index is 12.2. The molecule has 7 heteroatoms. The van der Waals surface area contributed by atoms with Crippen molar-refractivity contribution in [3.8, 4) is 5.75 Å². The summed E-state index contributed by atoms with van der Waals surface area (Å²) >= 11 is 0. The Bertz CT molecular complexity index is 671. The first kappa shape index (κ1) is 22.4. The van der Waals surface area contributed by atoms with Crippen LogP contribution >= 0.6 is 0 Å². The first-order valence-electron chi connectivity index (χ1n) is 8.98. The monoisotopic (exact) mass is 374 g/mol. The standard InChI is InChI=1S/C20H30N4O3/c1-15(9-8-10-17(3)25)24(21-4)16(2)13-14-22-23-20(26)18-11-6-7-12-19(18)27-5/h6-7,11-15,17,25H,4,8-10H2,1-3,5H3,(H,23,26)/b16-13+,22-14-. The van der Waals surface area contributed by atoms with Gasteiger partial charge in [-0.2, -0.15) is 10.2 Å². The van der Waals surface area contributed by atoms with Gasteiger partial charge in [-0.05, 0) is 58.2 Å². The molecule has 0 aliphatic heterocycles. The number of para-hydroxylation sites is 1. The molecule has 2 atom stereocenters. The van der Waals surface area contributed by atoms with Gasteiger partial charge >= 0.3 is 0 Å². The number of nitrogens with zero attached hydrogens (tertiary/aromatic N) is 3. The van der Waals surface area contributed by atoms with Crippen molar-refractivity contribution in [1.82, 2.24) is 10.4 Å². The summed E-state index contributed by atoms with van der Waals surface area (Å²) in [6, 6.07) is 7.09. The van der Waals surface area contributed by atoms with Gasteiger partial charge in [0.05, 0.1) is 18.8 Å². The molecule has 0 spiro atoms. The Morgan fingerprint density at radius 2 is 2.07 bits per heavy atom. The minimum absolute atomic E-state index is 0.147. The molecule has 0 aromatic heterocycles. The summed E-state index contributed by atoms with van der Waals surface area (Å²) in [5.41, 5.74) is 3.74. The molecular formula is C20H30N4O3. The van der Waals surface area contributed by atoms with Gasteiger partial charge in [-0.3, -0.25) is 9.80 Å². The van der Waals surface area contributed by atoms with Gasteiger partial charge in [0.15, 0.2) is 0 Å². The second-order valence-corrected chi connectivity index (χ2v) is 6.34. The van der Waals surface area contributed by atoms with E-state index < -0.39 is 0 Å². The number of aliphatic hydroxyl groups excluding tert-OH is 1. The summed E-state index contributed by atoms with van der Waals surface area (Å²) in [4.78, 5) is 12.2. The van der Waals surface area contributed by atoms with Gasteiger partial charge in [-0.25, -0.2) is 5.43 Å². The van der Waals surface area contributed by atoms with E-state index in [1.165, 1.54) is 13.3 Å². The molecule has 0 heterocycles. The fourth-order valence-electron chi connectivity index (χ4n) is 2.64. The number of rotatable bonds is 11. The quantitative estimate of drug-likeness (QED) is 0.460. The van der Waals surface area contributed by atoms with Gasteiger partial charge in [0.1, 0.15) is 5.75 Å². The van der Waals surface area contributed by atoms with Crippen LogP contribution in [0.4, 0.5) is 0 Å². The van der Waals surface area contributed by atoms with Crippen LogP contribution in [-0.2, 0) is 0 Å². The van der Waals surface area contributed by atoms with E-state index in [9.17, 15) is 9.90 Å². The number of hydrazone groups is 2. The molecule has 1 aromatic rings. The van der Waals surface area contributed by atoms with Crippen LogP contribution in [0.3, 0.4) is 0 Å². The Morgan fingerprint density at radius 1 is 1.37 bits per heavy atom. The molecule has 2 unspecified atom stereocenters. The minimum Gasteiger partial charge on any atom is -0.496 e. The van der Waals surface area contributed by atoms with Crippen molar-refractivity contribution in [2.75, 3.05) is 7.11 Å². The largest absolute Gasteiger partial charge is 0.496 e. The van der Waals surface area contributed by atoms with Crippen molar-refractivity contribution in [3.63, 3.8) is 0 Å². The molecule has 1 aromatic carbocycles. The predicted molar refractivity (Wildman–Crippen MR) is 109 cm³/mol. The third-order valence-electron chi connectivity index (χ3n) is 4.08. The first-order valence-corrected chi connectivity index (χ1v) is 8.98. The van der Waals surface area contributed by atoms with Gasteiger partial charge in [-0.15, -0.1) is 0 Å². The number of aliphatic hydroxyl groups is 1. The number of allylic oxidation sites excluding steroid dienone is 2. The number of carbonyl (C=O) groups excluding carboxylic acids is 1. The number of benzene rings is 1. The number of hydrogen-bond acceptors (Lipinski definition) is 6. The van der Waals surface area contributed by atoms with Crippen molar-refractivity contribution >= 4 is 18.8 Å². The summed E-state index contributed by atoms with van der Waals surface area (Å²) in [5.74, 6) is 0.143. The van der Waals surface area contributed by atoms with Crippen LogP contribution in [0.15, 0.2) is 46.2 Å². The lowest BCUT2D eigenvalue weighted by Gasteiger charge is -2.26. The van der Waals surface area contributed by atoms with Crippen LogP contribution in [0.1, 0.15) is 50.4 Å². The molecule has 0 aliphatic carbocycles. The first-order chi connectivity index (χ1) is 12.9. The SMILES string of the molecule is C=NN(/C(C)=C/C=N\NC(=O)c1ccccc1OC)C(C)CCCC(C)O. The molecule has 1 rings (SSSR count). The molecule has 0 fully saturated rings. The Kier molecular flexibility index (Phi) is 9.82. The second-order valence-electron chi connectivity index (χ2n) is 6.34. The lowest BCUT2D eigenvalue weighted by atomic mass is 10.1. The van der Waals surface area contributed by atoms with Gasteiger partial charge in [0.2, 0.25) is 0 Å². The Balaban J connectivity index is 2.62. The van der Waals surface area contributed by atoms with Gasteiger partial charge in [0.25, 0.3) is 5.91 Å². The van der Waals surface area contributed by atoms with Crippen molar-refractivity contribution in [2.24, 2.45) is 10.2 Å². The van der Waals surface area contributed by atoms with Crippen LogP contribution in [0.5, 0.6) is 5.75 Å². The Morgan fingerprint density at radius 3 is 2.70 bits per heavy atom. The minimum atomic E-state index is -0.347. The van der Waals surface area contributed by atoms with Crippen LogP contribution in [0.25, 0.3) is 0 Å². The fraction of sp³-hybridized carbons (Fsp3) is 0.450. The van der Waals surface area contributed by atoms with Crippen LogP contribution in [0.2, 0.25) is 0 Å². The lowest BCUT2D eigenvalue weighted by molar-refractivity contribution is 0.0952. The van der Waals surface area contributed by atoms with Gasteiger partial charge in [-0.1, -0.05) is 12.1 Å². The van der Waals surface area contributed by atoms with E-state index in [4.69, 9.17) is 4.74 Å². The van der Waals surface area contributed by atoms with E-state index in [0.29, 0.717) is 11.3 Å². The normalized spacial score (nSPS) is 13.9. The van der Waals surface area contributed by atoms with Gasteiger partial charge in [0, 0.05) is 24.7 Å². The van der Waals surface area contributed by atoms with E-state index in [-0.39, 0.29) is 18.1 Å². The molecule has 0 radical (unpaired) electrons. The molecule has 27 heavy (non-hydrogen) atoms. The Hall–Kier alpha value is -2.67. The Labute approximate surface area is 161 Å². The maximum Gasteiger partial charge on any atom is 0.275 e. The molecule has 0 bridgehead atoms. The molecule has 148 valence electrons. The molecule has 0 aliphatic rings. The van der Waals surface area contributed by atoms with Crippen molar-refractivity contribution in [3.05, 3.63) is 41.6 Å². The summed E-state index contributed by atoms with van der Waals surface area (Å²) in [6.45, 7) is 9.35. The highest BCUT2D eigenvalue weighted by Gasteiger charge is 2.13. The average Bonchev–Trinajstić information content (AvgIpc) is 2.65. The summed E-state index contributed by atoms with van der Waals surface area (Å²) in [6.07, 6.45) is 5.51. The zero-order valence-corrected chi connectivity index (χ0v) is 16.6. The molecule has 0 saturated heterocycles. The van der Waals surface area contributed by atoms with Gasteiger partial charge < -0.3 is 9.84 Å². The van der Waals surface area contributed by atoms with E-state index >= 15 is 0 Å². The number of amides is 1. The zero-order valence-electron chi connectivity index (χ0n) is 16.6. The average molecular weight is 374 g/mol. The zero-order chi connectivity index (χ0) is 20.2. The topological polar surface area (TPSA) is 86.5 Å². The van der Waals surface area contributed by atoms with Crippen molar-refractivity contribution in [2.45, 2.75) is 52.2 Å². The third-order valence-corrected chi connectivity index (χ3v) is 4.08. The van der Waals surface area contributed by atoms with Crippen LogP contribution < -0.4 is 10.2 Å². The fourth-order valence-corrected chi connectivity index (χ4v) is 2.64. The molecule has 7 nitrogen and oxygen atoms in total. The number of methoxy groups -OCH3 is 1. The summed E-state index contributed by atoms with van der Waals surface area (Å²) in [5, 5.41) is 19.2. The van der Waals surface area contributed by atoms with E-state index in [1.54, 1.807) is 42.3 Å². The number of ether oxygens (including phenoxy) is 1. The van der Waals surface area contributed by atoms with Crippen molar-refractivity contribution in [1.29, 1.82) is 0 Å².